The Morgan fingerprint density at radius 2 is 2.00 bits per heavy atom. The monoisotopic (exact) mass is 306 g/mol. The predicted octanol–water partition coefficient (Wildman–Crippen LogP) is 3.57. The number of nitrogens with zero attached hydrogens (tertiary/aromatic N) is 1. The molecular weight excluding hydrogens is 292 g/mol. The molecular formula is C15H15ClN2O3. The van der Waals surface area contributed by atoms with Crippen molar-refractivity contribution in [3.63, 3.8) is 0 Å². The number of rotatable bonds is 5. The molecule has 0 amide bonds. The molecule has 110 valence electrons. The molecule has 0 aromatic heterocycles. The molecule has 5 nitrogen and oxygen atoms in total. The molecule has 0 fully saturated rings. The van der Waals surface area contributed by atoms with Crippen molar-refractivity contribution in [2.75, 3.05) is 11.9 Å². The van der Waals surface area contributed by atoms with Gasteiger partial charge in [0.05, 0.1) is 4.92 Å². The lowest BCUT2D eigenvalue weighted by Crippen LogP contribution is -2.30. The zero-order chi connectivity index (χ0) is 15.5. The third-order valence-corrected chi connectivity index (χ3v) is 3.41. The third-order valence-electron chi connectivity index (χ3n) is 3.17. The lowest BCUT2D eigenvalue weighted by atomic mass is 9.96. The van der Waals surface area contributed by atoms with Crippen LogP contribution in [0, 0.1) is 10.1 Å². The minimum atomic E-state index is -1.20. The van der Waals surface area contributed by atoms with E-state index in [2.05, 4.69) is 5.32 Å². The van der Waals surface area contributed by atoms with Crippen LogP contribution < -0.4 is 5.32 Å². The van der Waals surface area contributed by atoms with Gasteiger partial charge >= 0.3 is 0 Å². The van der Waals surface area contributed by atoms with Gasteiger partial charge in [0.25, 0.3) is 5.69 Å². The fraction of sp³-hybridized carbons (Fsp3) is 0.200. The molecule has 0 bridgehead atoms. The summed E-state index contributed by atoms with van der Waals surface area (Å²) in [4.78, 5) is 10.5. The number of nitro groups is 1. The van der Waals surface area contributed by atoms with Crippen molar-refractivity contribution in [2.45, 2.75) is 12.5 Å². The largest absolute Gasteiger partial charge is 0.384 e. The van der Waals surface area contributed by atoms with E-state index in [9.17, 15) is 15.2 Å². The Morgan fingerprint density at radius 3 is 2.67 bits per heavy atom. The summed E-state index contributed by atoms with van der Waals surface area (Å²) in [7, 11) is 0. The van der Waals surface area contributed by atoms with Gasteiger partial charge in [0.2, 0.25) is 0 Å². The number of nitro benzene ring substituents is 1. The molecule has 0 heterocycles. The van der Waals surface area contributed by atoms with Gasteiger partial charge in [0, 0.05) is 17.6 Å². The molecule has 0 radical (unpaired) electrons. The first-order valence-corrected chi connectivity index (χ1v) is 6.74. The Hall–Kier alpha value is -2.11. The Kier molecular flexibility index (Phi) is 4.45. The van der Waals surface area contributed by atoms with Crippen molar-refractivity contribution in [3.05, 3.63) is 69.2 Å². The van der Waals surface area contributed by atoms with Gasteiger partial charge in [-0.2, -0.15) is 0 Å². The van der Waals surface area contributed by atoms with E-state index in [1.807, 2.05) is 0 Å². The maximum atomic E-state index is 10.9. The Bertz CT molecular complexity index is 659. The van der Waals surface area contributed by atoms with Crippen LogP contribution in [0.5, 0.6) is 0 Å². The van der Waals surface area contributed by atoms with Gasteiger partial charge in [-0.05, 0) is 30.7 Å². The lowest BCUT2D eigenvalue weighted by molar-refractivity contribution is -0.384. The fourth-order valence-corrected chi connectivity index (χ4v) is 2.17. The maximum absolute atomic E-state index is 10.9. The van der Waals surface area contributed by atoms with Crippen LogP contribution in [-0.4, -0.2) is 16.6 Å². The number of benzene rings is 2. The molecule has 2 aromatic carbocycles. The van der Waals surface area contributed by atoms with Crippen LogP contribution in [0.15, 0.2) is 48.5 Å². The molecule has 2 aromatic rings. The summed E-state index contributed by atoms with van der Waals surface area (Å²) < 4.78 is 0. The number of anilines is 1. The molecule has 0 saturated carbocycles. The van der Waals surface area contributed by atoms with Crippen LogP contribution in [0.1, 0.15) is 12.5 Å². The fourth-order valence-electron chi connectivity index (χ4n) is 1.98. The first-order valence-electron chi connectivity index (χ1n) is 6.36. The second kappa shape index (κ2) is 6.11. The summed E-state index contributed by atoms with van der Waals surface area (Å²) in [5.41, 5.74) is -0.223. The van der Waals surface area contributed by atoms with Gasteiger partial charge in [-0.3, -0.25) is 10.1 Å². The van der Waals surface area contributed by atoms with Crippen LogP contribution >= 0.6 is 11.6 Å². The minimum Gasteiger partial charge on any atom is -0.384 e. The van der Waals surface area contributed by atoms with E-state index in [0.717, 1.165) is 0 Å². The Labute approximate surface area is 127 Å². The van der Waals surface area contributed by atoms with Gasteiger partial charge in [0.15, 0.2) is 0 Å². The normalized spacial score (nSPS) is 13.5. The van der Waals surface area contributed by atoms with Gasteiger partial charge in [-0.1, -0.05) is 35.9 Å². The molecule has 6 heteroatoms. The SMILES string of the molecule is CC(O)(CNc1ccccc1[N+](=O)[O-])c1cccc(Cl)c1. The number of halogens is 1. The average molecular weight is 307 g/mol. The molecule has 2 N–H and O–H groups in total. The number of hydrogen-bond acceptors (Lipinski definition) is 4. The highest BCUT2D eigenvalue weighted by Crippen LogP contribution is 2.27. The molecule has 0 spiro atoms. The quantitative estimate of drug-likeness (QED) is 0.654. The van der Waals surface area contributed by atoms with Gasteiger partial charge in [-0.15, -0.1) is 0 Å². The highest BCUT2D eigenvalue weighted by molar-refractivity contribution is 6.30. The van der Waals surface area contributed by atoms with Gasteiger partial charge in [-0.25, -0.2) is 0 Å². The van der Waals surface area contributed by atoms with E-state index in [0.29, 0.717) is 16.3 Å². The first kappa shape index (κ1) is 15.3. The molecule has 1 unspecified atom stereocenters. The molecule has 1 atom stereocenters. The topological polar surface area (TPSA) is 75.4 Å². The van der Waals surface area contributed by atoms with E-state index >= 15 is 0 Å². The molecule has 21 heavy (non-hydrogen) atoms. The van der Waals surface area contributed by atoms with Crippen molar-refractivity contribution in [1.82, 2.24) is 0 Å². The van der Waals surface area contributed by atoms with Crippen molar-refractivity contribution < 1.29 is 10.0 Å². The first-order chi connectivity index (χ1) is 9.90. The number of hydrogen-bond donors (Lipinski definition) is 2. The summed E-state index contributed by atoms with van der Waals surface area (Å²) in [6, 6.07) is 13.2. The minimum absolute atomic E-state index is 0.0283. The maximum Gasteiger partial charge on any atom is 0.292 e. The smallest absolute Gasteiger partial charge is 0.292 e. The van der Waals surface area contributed by atoms with Crippen LogP contribution in [0.3, 0.4) is 0 Å². The van der Waals surface area contributed by atoms with Crippen LogP contribution in [-0.2, 0) is 5.60 Å². The van der Waals surface area contributed by atoms with Crippen molar-refractivity contribution in [2.24, 2.45) is 0 Å². The number of nitrogens with one attached hydrogen (secondary N) is 1. The van der Waals surface area contributed by atoms with Crippen LogP contribution in [0.4, 0.5) is 11.4 Å². The van der Waals surface area contributed by atoms with Crippen LogP contribution in [0.2, 0.25) is 5.02 Å². The third kappa shape index (κ3) is 3.71. The Morgan fingerprint density at radius 1 is 1.29 bits per heavy atom. The van der Waals surface area contributed by atoms with E-state index in [1.54, 1.807) is 49.4 Å². The molecule has 0 saturated heterocycles. The zero-order valence-corrected chi connectivity index (χ0v) is 12.2. The summed E-state index contributed by atoms with van der Waals surface area (Å²) in [5.74, 6) is 0. The molecule has 2 rings (SSSR count). The summed E-state index contributed by atoms with van der Waals surface area (Å²) in [6.45, 7) is 1.75. The predicted molar refractivity (Wildman–Crippen MR) is 82.6 cm³/mol. The highest BCUT2D eigenvalue weighted by Gasteiger charge is 2.24. The second-order valence-corrected chi connectivity index (χ2v) is 5.35. The van der Waals surface area contributed by atoms with Crippen molar-refractivity contribution in [1.29, 1.82) is 0 Å². The molecule has 0 aliphatic heterocycles. The van der Waals surface area contributed by atoms with E-state index in [1.165, 1.54) is 6.07 Å². The average Bonchev–Trinajstić information content (AvgIpc) is 2.45. The van der Waals surface area contributed by atoms with Gasteiger partial charge in [0.1, 0.15) is 11.3 Å². The van der Waals surface area contributed by atoms with E-state index in [4.69, 9.17) is 11.6 Å². The lowest BCUT2D eigenvalue weighted by Gasteiger charge is -2.25. The molecule has 0 aliphatic rings. The van der Waals surface area contributed by atoms with Crippen molar-refractivity contribution >= 4 is 23.0 Å². The van der Waals surface area contributed by atoms with E-state index < -0.39 is 10.5 Å². The Balaban J connectivity index is 2.17. The zero-order valence-electron chi connectivity index (χ0n) is 11.4. The number of para-hydroxylation sites is 2. The second-order valence-electron chi connectivity index (χ2n) is 4.91. The summed E-state index contributed by atoms with van der Waals surface area (Å²) in [6.07, 6.45) is 0. The standard InChI is InChI=1S/C15H15ClN2O3/c1-15(19,11-5-4-6-12(16)9-11)10-17-13-7-2-3-8-14(13)18(20)21/h2-9,17,19H,10H2,1H3. The highest BCUT2D eigenvalue weighted by atomic mass is 35.5. The molecule has 0 aliphatic carbocycles. The summed E-state index contributed by atoms with van der Waals surface area (Å²) in [5, 5.41) is 24.9. The van der Waals surface area contributed by atoms with E-state index in [-0.39, 0.29) is 12.2 Å². The number of aliphatic hydroxyl groups is 1. The van der Waals surface area contributed by atoms with Crippen molar-refractivity contribution in [3.8, 4) is 0 Å². The van der Waals surface area contributed by atoms with Crippen LogP contribution in [0.25, 0.3) is 0 Å². The summed E-state index contributed by atoms with van der Waals surface area (Å²) >= 11 is 5.91. The van der Waals surface area contributed by atoms with Gasteiger partial charge < -0.3 is 10.4 Å².